The number of nitrogens with one attached hydrogen (secondary N) is 2. The van der Waals surface area contributed by atoms with Crippen molar-refractivity contribution in [2.24, 2.45) is 16.5 Å². The number of hydrogen-bond donors (Lipinski definition) is 5. The largest absolute Gasteiger partial charge is 0.508 e. The first-order valence-electron chi connectivity index (χ1n) is 11.9. The number of amides is 2. The summed E-state index contributed by atoms with van der Waals surface area (Å²) in [7, 11) is 0. The molecule has 36 heavy (non-hydrogen) atoms. The Kier molecular flexibility index (Phi) is 9.45. The van der Waals surface area contributed by atoms with Gasteiger partial charge < -0.3 is 27.2 Å². The Labute approximate surface area is 211 Å². The summed E-state index contributed by atoms with van der Waals surface area (Å²) < 4.78 is 0. The molecule has 0 aromatic heterocycles. The minimum atomic E-state index is -0.791. The number of carbonyl (C=O) groups is 2. The first kappa shape index (κ1) is 26.3. The molecule has 0 heterocycles. The van der Waals surface area contributed by atoms with E-state index in [1.165, 1.54) is 0 Å². The number of carbonyl (C=O) groups excluding carboxylic acids is 2. The summed E-state index contributed by atoms with van der Waals surface area (Å²) in [6.45, 7) is 2.19. The van der Waals surface area contributed by atoms with Crippen molar-refractivity contribution < 1.29 is 14.7 Å². The molecule has 1 unspecified atom stereocenters. The van der Waals surface area contributed by atoms with Gasteiger partial charge in [0.1, 0.15) is 11.8 Å². The molecular weight excluding hydrogens is 454 g/mol. The number of hydrogen-bond acceptors (Lipinski definition) is 4. The SMILES string of the molecule is C[C@@H](NC(=O)C(CCCN=C(N)N)NC(=O)C(c1ccccc1)c1ccccc1)c1ccc(O)cc1. The summed E-state index contributed by atoms with van der Waals surface area (Å²) in [5, 5.41) is 15.5. The lowest BCUT2D eigenvalue weighted by Gasteiger charge is -2.24. The molecule has 0 spiro atoms. The molecule has 2 atom stereocenters. The molecule has 0 bridgehead atoms. The highest BCUT2D eigenvalue weighted by atomic mass is 16.3. The van der Waals surface area contributed by atoms with Crippen LogP contribution in [0.3, 0.4) is 0 Å². The number of nitrogens with zero attached hydrogens (tertiary/aromatic N) is 1. The van der Waals surface area contributed by atoms with E-state index in [1.54, 1.807) is 24.3 Å². The van der Waals surface area contributed by atoms with Crippen LogP contribution in [0.2, 0.25) is 0 Å². The van der Waals surface area contributed by atoms with Crippen molar-refractivity contribution in [2.75, 3.05) is 6.54 Å². The smallest absolute Gasteiger partial charge is 0.243 e. The zero-order valence-electron chi connectivity index (χ0n) is 20.3. The summed E-state index contributed by atoms with van der Waals surface area (Å²) >= 11 is 0. The number of aromatic hydroxyl groups is 1. The molecule has 8 heteroatoms. The zero-order valence-corrected chi connectivity index (χ0v) is 20.3. The van der Waals surface area contributed by atoms with Crippen LogP contribution in [0.4, 0.5) is 0 Å². The van der Waals surface area contributed by atoms with Crippen LogP contribution in [0.15, 0.2) is 89.9 Å². The highest BCUT2D eigenvalue weighted by Crippen LogP contribution is 2.25. The lowest BCUT2D eigenvalue weighted by Crippen LogP contribution is -2.48. The van der Waals surface area contributed by atoms with E-state index in [9.17, 15) is 14.7 Å². The maximum Gasteiger partial charge on any atom is 0.243 e. The Morgan fingerprint density at radius 2 is 1.36 bits per heavy atom. The summed E-state index contributed by atoms with van der Waals surface area (Å²) in [6.07, 6.45) is 0.859. The standard InChI is InChI=1S/C28H33N5O3/c1-19(20-14-16-23(34)17-15-20)32-26(35)24(13-8-18-31-28(29)30)33-27(36)25(21-9-4-2-5-10-21)22-11-6-3-7-12-22/h2-7,9-12,14-17,19,24-25,34H,8,13,18H2,1H3,(H,32,35)(H,33,36)(H4,29,30,31)/t19-,24?/m1/s1. The summed E-state index contributed by atoms with van der Waals surface area (Å²) in [4.78, 5) is 30.9. The Balaban J connectivity index is 1.80. The molecule has 0 aliphatic carbocycles. The minimum Gasteiger partial charge on any atom is -0.508 e. The molecule has 7 N–H and O–H groups in total. The molecule has 0 saturated carbocycles. The predicted octanol–water partition coefficient (Wildman–Crippen LogP) is 2.94. The molecule has 188 valence electrons. The van der Waals surface area contributed by atoms with Gasteiger partial charge in [0, 0.05) is 6.54 Å². The fourth-order valence-electron chi connectivity index (χ4n) is 3.97. The second kappa shape index (κ2) is 12.9. The van der Waals surface area contributed by atoms with Gasteiger partial charge in [-0.25, -0.2) is 0 Å². The van der Waals surface area contributed by atoms with Crippen molar-refractivity contribution in [1.29, 1.82) is 0 Å². The fraction of sp³-hybridized carbons (Fsp3) is 0.250. The van der Waals surface area contributed by atoms with Crippen LogP contribution < -0.4 is 22.1 Å². The molecule has 3 rings (SSSR count). The predicted molar refractivity (Wildman–Crippen MR) is 141 cm³/mol. The normalized spacial score (nSPS) is 12.4. The Morgan fingerprint density at radius 1 is 0.806 bits per heavy atom. The van der Waals surface area contributed by atoms with Crippen LogP contribution in [0, 0.1) is 0 Å². The number of phenols is 1. The van der Waals surface area contributed by atoms with Gasteiger partial charge in [-0.15, -0.1) is 0 Å². The number of rotatable bonds is 11. The van der Waals surface area contributed by atoms with Crippen molar-refractivity contribution >= 4 is 17.8 Å². The van der Waals surface area contributed by atoms with Crippen molar-refractivity contribution in [3.8, 4) is 5.75 Å². The number of aliphatic imine (C=N–C) groups is 1. The van der Waals surface area contributed by atoms with E-state index in [0.29, 0.717) is 19.4 Å². The van der Waals surface area contributed by atoms with Gasteiger partial charge >= 0.3 is 0 Å². The molecule has 3 aromatic rings. The maximum atomic E-state index is 13.6. The molecule has 8 nitrogen and oxygen atoms in total. The van der Waals surface area contributed by atoms with E-state index in [-0.39, 0.29) is 29.6 Å². The maximum absolute atomic E-state index is 13.6. The fourth-order valence-corrected chi connectivity index (χ4v) is 3.97. The van der Waals surface area contributed by atoms with Crippen LogP contribution in [-0.4, -0.2) is 35.5 Å². The van der Waals surface area contributed by atoms with Gasteiger partial charge in [-0.3, -0.25) is 14.6 Å². The first-order chi connectivity index (χ1) is 17.3. The van der Waals surface area contributed by atoms with Crippen LogP contribution >= 0.6 is 0 Å². The highest BCUT2D eigenvalue weighted by Gasteiger charge is 2.28. The number of nitrogens with two attached hydrogens (primary N) is 2. The summed E-state index contributed by atoms with van der Waals surface area (Å²) in [5.74, 6) is -1.03. The molecular formula is C28H33N5O3. The van der Waals surface area contributed by atoms with Gasteiger partial charge in [-0.05, 0) is 48.6 Å². The Bertz CT molecular complexity index is 1110. The summed E-state index contributed by atoms with van der Waals surface area (Å²) in [6, 6.07) is 24.4. The minimum absolute atomic E-state index is 0.0193. The third-order valence-electron chi connectivity index (χ3n) is 5.86. The molecule has 0 saturated heterocycles. The highest BCUT2D eigenvalue weighted by molar-refractivity contribution is 5.92. The van der Waals surface area contributed by atoms with Crippen LogP contribution in [0.25, 0.3) is 0 Å². The van der Waals surface area contributed by atoms with Crippen molar-refractivity contribution in [3.05, 3.63) is 102 Å². The molecule has 0 aliphatic rings. The van der Waals surface area contributed by atoms with Crippen molar-refractivity contribution in [1.82, 2.24) is 10.6 Å². The Morgan fingerprint density at radius 3 is 1.89 bits per heavy atom. The van der Waals surface area contributed by atoms with E-state index in [1.807, 2.05) is 67.6 Å². The van der Waals surface area contributed by atoms with Crippen LogP contribution in [-0.2, 0) is 9.59 Å². The molecule has 0 aliphatic heterocycles. The first-order valence-corrected chi connectivity index (χ1v) is 11.9. The van der Waals surface area contributed by atoms with Crippen LogP contribution in [0.5, 0.6) is 5.75 Å². The summed E-state index contributed by atoms with van der Waals surface area (Å²) in [5.41, 5.74) is 13.3. The second-order valence-electron chi connectivity index (χ2n) is 8.59. The van der Waals surface area contributed by atoms with E-state index in [0.717, 1.165) is 16.7 Å². The Hall–Kier alpha value is -4.33. The van der Waals surface area contributed by atoms with E-state index < -0.39 is 12.0 Å². The van der Waals surface area contributed by atoms with E-state index >= 15 is 0 Å². The van der Waals surface area contributed by atoms with E-state index in [4.69, 9.17) is 11.5 Å². The van der Waals surface area contributed by atoms with Gasteiger partial charge in [-0.1, -0.05) is 72.8 Å². The van der Waals surface area contributed by atoms with Gasteiger partial charge in [0.25, 0.3) is 0 Å². The van der Waals surface area contributed by atoms with Gasteiger partial charge in [0.15, 0.2) is 5.96 Å². The quantitative estimate of drug-likeness (QED) is 0.161. The molecule has 3 aromatic carbocycles. The lowest BCUT2D eigenvalue weighted by molar-refractivity contribution is -0.129. The van der Waals surface area contributed by atoms with Gasteiger partial charge in [0.05, 0.1) is 12.0 Å². The molecule has 0 radical (unpaired) electrons. The third kappa shape index (κ3) is 7.59. The van der Waals surface area contributed by atoms with E-state index in [2.05, 4.69) is 15.6 Å². The van der Waals surface area contributed by atoms with Gasteiger partial charge in [-0.2, -0.15) is 0 Å². The molecule has 0 fully saturated rings. The second-order valence-corrected chi connectivity index (χ2v) is 8.59. The number of guanidine groups is 1. The third-order valence-corrected chi connectivity index (χ3v) is 5.86. The topological polar surface area (TPSA) is 143 Å². The average Bonchev–Trinajstić information content (AvgIpc) is 2.87. The van der Waals surface area contributed by atoms with Gasteiger partial charge in [0.2, 0.25) is 11.8 Å². The zero-order chi connectivity index (χ0) is 25.9. The number of phenolic OH excluding ortho intramolecular Hbond substituents is 1. The monoisotopic (exact) mass is 487 g/mol. The van der Waals surface area contributed by atoms with Crippen LogP contribution in [0.1, 0.15) is 48.4 Å². The lowest BCUT2D eigenvalue weighted by atomic mass is 9.90. The molecule has 2 amide bonds. The van der Waals surface area contributed by atoms with Crippen molar-refractivity contribution in [3.63, 3.8) is 0 Å². The van der Waals surface area contributed by atoms with Crippen molar-refractivity contribution in [2.45, 2.75) is 37.8 Å². The average molecular weight is 488 g/mol. The number of benzene rings is 3.